The zero-order valence-electron chi connectivity index (χ0n) is 15.5. The molecule has 0 spiro atoms. The maximum Gasteiger partial charge on any atom is 0.323 e. The van der Waals surface area contributed by atoms with Gasteiger partial charge in [0.2, 0.25) is 0 Å². The number of imidazole rings is 1. The number of carboxylic acids is 1. The lowest BCUT2D eigenvalue weighted by molar-refractivity contribution is -0.138. The maximum atomic E-state index is 12.3. The smallest absolute Gasteiger partial charge is 0.323 e. The fourth-order valence-corrected chi connectivity index (χ4v) is 3.00. The van der Waals surface area contributed by atoms with Crippen LogP contribution in [-0.2, 0) is 20.9 Å². The van der Waals surface area contributed by atoms with Crippen LogP contribution in [0.15, 0.2) is 36.0 Å². The highest BCUT2D eigenvalue weighted by atomic mass is 16.4. The molecule has 0 aliphatic carbocycles. The van der Waals surface area contributed by atoms with Crippen LogP contribution in [0.1, 0.15) is 11.4 Å². The summed E-state index contributed by atoms with van der Waals surface area (Å²) < 4.78 is 1.61. The Hall–Kier alpha value is -3.46. The number of aryl methyl sites for hydroxylation is 1. The van der Waals surface area contributed by atoms with E-state index >= 15 is 0 Å². The van der Waals surface area contributed by atoms with Crippen molar-refractivity contribution in [3.63, 3.8) is 0 Å². The summed E-state index contributed by atoms with van der Waals surface area (Å²) in [5.74, 6) is -1.46. The summed E-state index contributed by atoms with van der Waals surface area (Å²) in [7, 11) is 0. The summed E-state index contributed by atoms with van der Waals surface area (Å²) in [6.45, 7) is 3.03. The molecule has 9 nitrogen and oxygen atoms in total. The number of nitrogens with zero attached hydrogens (tertiary/aromatic N) is 3. The molecule has 0 atom stereocenters. The normalized spacial score (nSPS) is 13.8. The predicted octanol–water partition coefficient (Wildman–Crippen LogP) is 0.908. The topological polar surface area (TPSA) is 125 Å². The minimum Gasteiger partial charge on any atom is -0.480 e. The van der Waals surface area contributed by atoms with Crippen molar-refractivity contribution in [3.05, 3.63) is 47.4 Å². The van der Waals surface area contributed by atoms with Gasteiger partial charge in [0.05, 0.1) is 18.8 Å². The molecule has 0 fully saturated rings. The lowest BCUT2D eigenvalue weighted by Gasteiger charge is -2.14. The van der Waals surface area contributed by atoms with Gasteiger partial charge in [-0.25, -0.2) is 4.98 Å². The number of hydrogen-bond acceptors (Lipinski definition) is 6. The van der Waals surface area contributed by atoms with E-state index in [1.165, 1.54) is 6.08 Å². The fourth-order valence-electron chi connectivity index (χ4n) is 3.00. The Morgan fingerprint density at radius 3 is 2.68 bits per heavy atom. The van der Waals surface area contributed by atoms with Crippen molar-refractivity contribution in [3.8, 4) is 11.4 Å². The van der Waals surface area contributed by atoms with E-state index < -0.39 is 17.8 Å². The molecule has 28 heavy (non-hydrogen) atoms. The number of aliphatic hydroxyl groups is 1. The monoisotopic (exact) mass is 384 g/mol. The SMILES string of the molecule is Cc1nc(-c2cccc(NC3=CC(=O)N(CCO)C3=O)c2)n(CC(=O)O)c1C. The number of aromatic nitrogens is 2. The summed E-state index contributed by atoms with van der Waals surface area (Å²) in [4.78, 5) is 40.8. The number of anilines is 1. The first kappa shape index (κ1) is 19.3. The third-order valence-corrected chi connectivity index (χ3v) is 4.48. The number of nitrogens with one attached hydrogen (secondary N) is 1. The van der Waals surface area contributed by atoms with E-state index in [0.717, 1.165) is 16.3 Å². The number of hydrogen-bond donors (Lipinski definition) is 3. The number of β-amino-alcohol motifs (C(OH)–C–C–N with tert-alkyl or cyclic N) is 1. The van der Waals surface area contributed by atoms with Gasteiger partial charge >= 0.3 is 5.97 Å². The van der Waals surface area contributed by atoms with Gasteiger partial charge in [-0.05, 0) is 26.0 Å². The van der Waals surface area contributed by atoms with Crippen LogP contribution in [0.2, 0.25) is 0 Å². The van der Waals surface area contributed by atoms with Crippen LogP contribution in [0, 0.1) is 13.8 Å². The molecule has 0 bridgehead atoms. The second-order valence-electron chi connectivity index (χ2n) is 6.37. The van der Waals surface area contributed by atoms with Gasteiger partial charge in [-0.3, -0.25) is 19.3 Å². The minimum atomic E-state index is -0.972. The molecule has 0 saturated heterocycles. The first-order valence-electron chi connectivity index (χ1n) is 8.63. The summed E-state index contributed by atoms with van der Waals surface area (Å²) in [6, 6.07) is 6.99. The second-order valence-corrected chi connectivity index (χ2v) is 6.37. The molecule has 1 aromatic heterocycles. The zero-order chi connectivity index (χ0) is 20.4. The molecule has 2 aromatic rings. The molecule has 1 aliphatic heterocycles. The standard InChI is InChI=1S/C19H20N4O5/c1-11-12(2)23(10-17(26)27)18(20-11)13-4-3-5-14(8-13)21-15-9-16(25)22(6-7-24)19(15)28/h3-5,8-9,21,24H,6-7,10H2,1-2H3,(H,26,27). The Morgan fingerprint density at radius 1 is 1.25 bits per heavy atom. The van der Waals surface area contributed by atoms with E-state index in [0.29, 0.717) is 17.1 Å². The third-order valence-electron chi connectivity index (χ3n) is 4.48. The van der Waals surface area contributed by atoms with Gasteiger partial charge < -0.3 is 20.1 Å². The minimum absolute atomic E-state index is 0.0649. The largest absolute Gasteiger partial charge is 0.480 e. The van der Waals surface area contributed by atoms with E-state index in [9.17, 15) is 19.5 Å². The molecule has 146 valence electrons. The van der Waals surface area contributed by atoms with Gasteiger partial charge in [-0.1, -0.05) is 12.1 Å². The number of aliphatic carboxylic acids is 1. The molecule has 1 aliphatic rings. The van der Waals surface area contributed by atoms with Crippen LogP contribution in [0.5, 0.6) is 0 Å². The molecule has 3 N–H and O–H groups in total. The number of benzene rings is 1. The Bertz CT molecular complexity index is 992. The van der Waals surface area contributed by atoms with Crippen molar-refractivity contribution in [2.45, 2.75) is 20.4 Å². The van der Waals surface area contributed by atoms with Gasteiger partial charge in [0, 0.05) is 23.0 Å². The average Bonchev–Trinajstić information content (AvgIpc) is 3.07. The van der Waals surface area contributed by atoms with E-state index in [2.05, 4.69) is 10.3 Å². The number of carbonyl (C=O) groups is 3. The van der Waals surface area contributed by atoms with Gasteiger partial charge in [0.15, 0.2) is 0 Å². The van der Waals surface area contributed by atoms with Gasteiger partial charge in [-0.15, -0.1) is 0 Å². The van der Waals surface area contributed by atoms with E-state index in [1.54, 1.807) is 35.8 Å². The number of carbonyl (C=O) groups excluding carboxylic acids is 2. The molecule has 9 heteroatoms. The molecule has 3 rings (SSSR count). The Labute approximate surface area is 160 Å². The first-order chi connectivity index (χ1) is 13.3. The Kier molecular flexibility index (Phi) is 5.27. The molecule has 2 heterocycles. The highest BCUT2D eigenvalue weighted by molar-refractivity contribution is 6.17. The zero-order valence-corrected chi connectivity index (χ0v) is 15.5. The van der Waals surface area contributed by atoms with Crippen molar-refractivity contribution >= 4 is 23.5 Å². The highest BCUT2D eigenvalue weighted by Crippen LogP contribution is 2.26. The summed E-state index contributed by atoms with van der Waals surface area (Å²) in [5.41, 5.74) is 2.82. The molecule has 0 saturated carbocycles. The van der Waals surface area contributed by atoms with Gasteiger partial charge in [0.1, 0.15) is 18.1 Å². The molecule has 1 aromatic carbocycles. The van der Waals surface area contributed by atoms with Crippen LogP contribution >= 0.6 is 0 Å². The van der Waals surface area contributed by atoms with Crippen LogP contribution in [0.3, 0.4) is 0 Å². The molecular formula is C19H20N4O5. The highest BCUT2D eigenvalue weighted by Gasteiger charge is 2.30. The maximum absolute atomic E-state index is 12.3. The molecule has 0 unspecified atom stereocenters. The number of aliphatic hydroxyl groups excluding tert-OH is 1. The van der Waals surface area contributed by atoms with Gasteiger partial charge in [-0.2, -0.15) is 0 Å². The summed E-state index contributed by atoms with van der Waals surface area (Å²) in [6.07, 6.45) is 1.18. The number of imide groups is 1. The molecule has 2 amide bonds. The van der Waals surface area contributed by atoms with Crippen molar-refractivity contribution in [1.29, 1.82) is 0 Å². The lowest BCUT2D eigenvalue weighted by Crippen LogP contribution is -2.34. The van der Waals surface area contributed by atoms with Crippen LogP contribution in [0.4, 0.5) is 5.69 Å². The summed E-state index contributed by atoms with van der Waals surface area (Å²) >= 11 is 0. The van der Waals surface area contributed by atoms with Crippen molar-refractivity contribution in [2.75, 3.05) is 18.5 Å². The number of amides is 2. The second kappa shape index (κ2) is 7.65. The van der Waals surface area contributed by atoms with E-state index in [-0.39, 0.29) is 25.4 Å². The van der Waals surface area contributed by atoms with Crippen molar-refractivity contribution in [1.82, 2.24) is 14.5 Å². The van der Waals surface area contributed by atoms with Crippen LogP contribution < -0.4 is 5.32 Å². The number of rotatable bonds is 7. The van der Waals surface area contributed by atoms with E-state index in [4.69, 9.17) is 5.11 Å². The first-order valence-corrected chi connectivity index (χ1v) is 8.63. The predicted molar refractivity (Wildman–Crippen MR) is 100 cm³/mol. The average molecular weight is 384 g/mol. The van der Waals surface area contributed by atoms with Crippen LogP contribution in [-0.4, -0.2) is 55.6 Å². The fraction of sp³-hybridized carbons (Fsp3) is 0.263. The number of carboxylic acid groups (broad SMARTS) is 1. The lowest BCUT2D eigenvalue weighted by atomic mass is 10.2. The molecule has 0 radical (unpaired) electrons. The van der Waals surface area contributed by atoms with Crippen LogP contribution in [0.25, 0.3) is 11.4 Å². The Morgan fingerprint density at radius 2 is 2.00 bits per heavy atom. The third kappa shape index (κ3) is 3.65. The Balaban J connectivity index is 1.90. The summed E-state index contributed by atoms with van der Waals surface area (Å²) in [5, 5.41) is 21.1. The van der Waals surface area contributed by atoms with Crippen molar-refractivity contribution < 1.29 is 24.6 Å². The van der Waals surface area contributed by atoms with Gasteiger partial charge in [0.25, 0.3) is 11.8 Å². The van der Waals surface area contributed by atoms with Crippen molar-refractivity contribution in [2.24, 2.45) is 0 Å². The van der Waals surface area contributed by atoms with E-state index in [1.807, 2.05) is 6.92 Å². The molecular weight excluding hydrogens is 364 g/mol. The quantitative estimate of drug-likeness (QED) is 0.606.